The minimum atomic E-state index is -4.02. The molecule has 0 aliphatic carbocycles. The number of non-ortho nitro benzene ring substituents is 1. The van der Waals surface area contributed by atoms with Crippen LogP contribution in [0.1, 0.15) is 11.1 Å². The number of hydrogen-bond acceptors (Lipinski definition) is 7. The van der Waals surface area contributed by atoms with Crippen LogP contribution in [0.4, 0.5) is 11.4 Å². The molecular formula is C23H16ClN3O6S. The van der Waals surface area contributed by atoms with Crippen molar-refractivity contribution in [1.82, 2.24) is 0 Å². The van der Waals surface area contributed by atoms with Crippen LogP contribution in [0.5, 0.6) is 5.75 Å². The Morgan fingerprint density at radius 3 is 2.35 bits per heavy atom. The van der Waals surface area contributed by atoms with Gasteiger partial charge in [0.1, 0.15) is 22.3 Å². The van der Waals surface area contributed by atoms with Gasteiger partial charge in [0.15, 0.2) is 0 Å². The van der Waals surface area contributed by atoms with E-state index in [1.807, 2.05) is 6.92 Å². The maximum Gasteiger partial charge on any atom is 0.339 e. The highest BCUT2D eigenvalue weighted by Crippen LogP contribution is 2.27. The van der Waals surface area contributed by atoms with Crippen molar-refractivity contribution in [2.24, 2.45) is 0 Å². The number of rotatable bonds is 7. The quantitative estimate of drug-likeness (QED) is 0.161. The molecule has 0 spiro atoms. The summed E-state index contributed by atoms with van der Waals surface area (Å²) < 4.78 is 29.9. The number of carbonyl (C=O) groups excluding carboxylic acids is 1. The summed E-state index contributed by atoms with van der Waals surface area (Å²) in [5.74, 6) is -0.781. The summed E-state index contributed by atoms with van der Waals surface area (Å²) in [5, 5.41) is 22.7. The van der Waals surface area contributed by atoms with Gasteiger partial charge in [0.2, 0.25) is 0 Å². The number of nitriles is 1. The number of amides is 1. The molecule has 0 fully saturated rings. The summed E-state index contributed by atoms with van der Waals surface area (Å²) in [7, 11) is -4.02. The normalized spacial score (nSPS) is 11.4. The third-order valence-electron chi connectivity index (χ3n) is 4.48. The molecule has 0 aliphatic heterocycles. The lowest BCUT2D eigenvalue weighted by Gasteiger charge is -2.08. The Bertz CT molecular complexity index is 1430. The van der Waals surface area contributed by atoms with Gasteiger partial charge in [-0.05, 0) is 48.9 Å². The highest BCUT2D eigenvalue weighted by molar-refractivity contribution is 7.87. The van der Waals surface area contributed by atoms with Crippen molar-refractivity contribution in [2.75, 3.05) is 5.32 Å². The molecule has 172 valence electrons. The topological polar surface area (TPSA) is 139 Å². The molecule has 0 saturated carbocycles. The minimum Gasteiger partial charge on any atom is -0.379 e. The first kappa shape index (κ1) is 24.4. The Labute approximate surface area is 200 Å². The molecule has 11 heteroatoms. The van der Waals surface area contributed by atoms with Gasteiger partial charge >= 0.3 is 10.1 Å². The van der Waals surface area contributed by atoms with E-state index in [2.05, 4.69) is 5.32 Å². The highest BCUT2D eigenvalue weighted by Gasteiger charge is 2.17. The second-order valence-corrected chi connectivity index (χ2v) is 8.92. The molecule has 0 unspecified atom stereocenters. The number of nitrogens with one attached hydrogen (secondary N) is 1. The molecule has 0 atom stereocenters. The number of carbonyl (C=O) groups is 1. The summed E-state index contributed by atoms with van der Waals surface area (Å²) in [6.07, 6.45) is 1.26. The second-order valence-electron chi connectivity index (χ2n) is 6.96. The number of anilines is 1. The van der Waals surface area contributed by atoms with Crippen LogP contribution in [0.15, 0.2) is 77.2 Å². The first-order chi connectivity index (χ1) is 16.1. The lowest BCUT2D eigenvalue weighted by Crippen LogP contribution is -2.14. The fourth-order valence-corrected chi connectivity index (χ4v) is 3.82. The van der Waals surface area contributed by atoms with E-state index in [0.29, 0.717) is 5.56 Å². The van der Waals surface area contributed by atoms with E-state index < -0.39 is 20.9 Å². The summed E-state index contributed by atoms with van der Waals surface area (Å²) >= 11 is 5.97. The van der Waals surface area contributed by atoms with E-state index in [1.54, 1.807) is 18.2 Å². The van der Waals surface area contributed by atoms with Gasteiger partial charge in [0, 0.05) is 12.1 Å². The maximum atomic E-state index is 12.5. The fourth-order valence-electron chi connectivity index (χ4n) is 2.73. The van der Waals surface area contributed by atoms with Crippen LogP contribution >= 0.6 is 11.6 Å². The molecular weight excluding hydrogens is 482 g/mol. The van der Waals surface area contributed by atoms with E-state index >= 15 is 0 Å². The van der Waals surface area contributed by atoms with Crippen molar-refractivity contribution in [3.05, 3.63) is 98.6 Å². The molecule has 0 radical (unpaired) electrons. The second kappa shape index (κ2) is 10.2. The molecule has 0 heterocycles. The molecule has 0 saturated heterocycles. The van der Waals surface area contributed by atoms with Crippen LogP contribution in [0.2, 0.25) is 5.02 Å². The fraction of sp³-hybridized carbons (Fsp3) is 0.0435. The number of hydrogen-bond donors (Lipinski definition) is 1. The Morgan fingerprint density at radius 2 is 1.76 bits per heavy atom. The SMILES string of the molecule is Cc1ccc(S(=O)(=O)Oc2ccc(/C=C(\C#N)C(=O)Nc3cc([N+](=O)[O-])ccc3Cl)cc2)cc1. The van der Waals surface area contributed by atoms with E-state index in [4.69, 9.17) is 15.8 Å². The van der Waals surface area contributed by atoms with Crippen LogP contribution in [0.3, 0.4) is 0 Å². The van der Waals surface area contributed by atoms with Crippen molar-refractivity contribution in [1.29, 1.82) is 5.26 Å². The first-order valence-corrected chi connectivity index (χ1v) is 11.4. The summed E-state index contributed by atoms with van der Waals surface area (Å²) in [6.45, 7) is 1.83. The van der Waals surface area contributed by atoms with Gasteiger partial charge in [0.25, 0.3) is 11.6 Å². The third kappa shape index (κ3) is 5.98. The molecule has 1 amide bonds. The lowest BCUT2D eigenvalue weighted by molar-refractivity contribution is -0.384. The number of aryl methyl sites for hydroxylation is 1. The Balaban J connectivity index is 1.76. The van der Waals surface area contributed by atoms with Gasteiger partial charge in [0.05, 0.1) is 15.6 Å². The Hall–Kier alpha value is -4.20. The van der Waals surface area contributed by atoms with Gasteiger partial charge < -0.3 is 9.50 Å². The van der Waals surface area contributed by atoms with Gasteiger partial charge in [-0.25, -0.2) is 0 Å². The predicted molar refractivity (Wildman–Crippen MR) is 126 cm³/mol. The monoisotopic (exact) mass is 497 g/mol. The van der Waals surface area contributed by atoms with E-state index in [1.165, 1.54) is 54.6 Å². The zero-order chi connectivity index (χ0) is 24.9. The molecule has 1 N–H and O–H groups in total. The molecule has 9 nitrogen and oxygen atoms in total. The standard InChI is InChI=1S/C23H16ClN3O6S/c1-15-2-9-20(10-3-15)34(31,32)33-19-7-4-16(5-8-19)12-17(14-25)23(28)26-22-13-18(27(29)30)6-11-21(22)24/h2-13H,1H3,(H,26,28)/b17-12+. The average molecular weight is 498 g/mol. The Morgan fingerprint density at radius 1 is 1.12 bits per heavy atom. The van der Waals surface area contributed by atoms with Crippen molar-refractivity contribution in [2.45, 2.75) is 11.8 Å². The van der Waals surface area contributed by atoms with E-state index in [-0.39, 0.29) is 32.6 Å². The van der Waals surface area contributed by atoms with Crippen LogP contribution in [0, 0.1) is 28.4 Å². The summed E-state index contributed by atoms with van der Waals surface area (Å²) in [5.41, 5.74) is 0.714. The Kier molecular flexibility index (Phi) is 7.31. The molecule has 34 heavy (non-hydrogen) atoms. The van der Waals surface area contributed by atoms with Gasteiger partial charge in [-0.15, -0.1) is 0 Å². The maximum absolute atomic E-state index is 12.5. The zero-order valence-corrected chi connectivity index (χ0v) is 19.1. The van der Waals surface area contributed by atoms with Crippen molar-refractivity contribution in [3.8, 4) is 11.8 Å². The van der Waals surface area contributed by atoms with E-state index in [0.717, 1.165) is 11.6 Å². The van der Waals surface area contributed by atoms with Gasteiger partial charge in [-0.1, -0.05) is 41.4 Å². The zero-order valence-electron chi connectivity index (χ0n) is 17.6. The summed E-state index contributed by atoms with van der Waals surface area (Å²) in [4.78, 5) is 22.8. The van der Waals surface area contributed by atoms with Crippen LogP contribution < -0.4 is 9.50 Å². The predicted octanol–water partition coefficient (Wildman–Crippen LogP) is 4.87. The number of nitrogens with zero attached hydrogens (tertiary/aromatic N) is 2. The lowest BCUT2D eigenvalue weighted by atomic mass is 10.1. The number of halogens is 1. The minimum absolute atomic E-state index is 0.00493. The smallest absolute Gasteiger partial charge is 0.339 e. The molecule has 3 aromatic carbocycles. The van der Waals surface area contributed by atoms with Crippen LogP contribution in [-0.2, 0) is 14.9 Å². The summed E-state index contributed by atoms with van der Waals surface area (Å²) in [6, 6.07) is 17.1. The molecule has 0 aliphatic rings. The van der Waals surface area contributed by atoms with Crippen LogP contribution in [-0.4, -0.2) is 19.2 Å². The van der Waals surface area contributed by atoms with Gasteiger partial charge in [-0.2, -0.15) is 13.7 Å². The average Bonchev–Trinajstić information content (AvgIpc) is 2.79. The van der Waals surface area contributed by atoms with E-state index in [9.17, 15) is 28.6 Å². The van der Waals surface area contributed by atoms with Crippen molar-refractivity contribution < 1.29 is 22.3 Å². The molecule has 3 rings (SSSR count). The number of benzene rings is 3. The number of nitro groups is 1. The molecule has 3 aromatic rings. The largest absolute Gasteiger partial charge is 0.379 e. The molecule has 0 aromatic heterocycles. The number of nitro benzene ring substituents is 1. The van der Waals surface area contributed by atoms with Crippen LogP contribution in [0.25, 0.3) is 6.08 Å². The molecule has 0 bridgehead atoms. The third-order valence-corrected chi connectivity index (χ3v) is 6.07. The van der Waals surface area contributed by atoms with Crippen molar-refractivity contribution in [3.63, 3.8) is 0 Å². The highest BCUT2D eigenvalue weighted by atomic mass is 35.5. The first-order valence-electron chi connectivity index (χ1n) is 9.57. The van der Waals surface area contributed by atoms with Gasteiger partial charge in [-0.3, -0.25) is 14.9 Å². The van der Waals surface area contributed by atoms with Crippen molar-refractivity contribution >= 4 is 45.1 Å².